The van der Waals surface area contributed by atoms with Crippen molar-refractivity contribution in [2.45, 2.75) is 103 Å². The van der Waals surface area contributed by atoms with Gasteiger partial charge < -0.3 is 13.9 Å². The maximum atomic E-state index is 12.4. The van der Waals surface area contributed by atoms with E-state index in [2.05, 4.69) is 19.1 Å². The Morgan fingerprint density at radius 3 is 1.81 bits per heavy atom. The summed E-state index contributed by atoms with van der Waals surface area (Å²) in [6.07, 6.45) is 20.1. The number of rotatable bonds is 18. The molecule has 0 fully saturated rings. The topological polar surface area (TPSA) is 46.5 Å². The van der Waals surface area contributed by atoms with Crippen molar-refractivity contribution in [2.24, 2.45) is 0 Å². The molecule has 0 aromatic rings. The summed E-state index contributed by atoms with van der Waals surface area (Å²) in [6, 6.07) is 0. The lowest BCUT2D eigenvalue weighted by Crippen LogP contribution is -2.44. The lowest BCUT2D eigenvalue weighted by atomic mass is 10.1. The summed E-state index contributed by atoms with van der Waals surface area (Å²) in [7, 11) is 2.30. The van der Waals surface area contributed by atoms with E-state index >= 15 is 0 Å². The zero-order chi connectivity index (χ0) is 20.6. The number of hydrogen-bond acceptors (Lipinski definition) is 2. The van der Waals surface area contributed by atoms with Gasteiger partial charge in [-0.1, -0.05) is 77.4 Å². The molecule has 0 bridgehead atoms. The van der Waals surface area contributed by atoms with Gasteiger partial charge in [0.25, 0.3) is 0 Å². The Labute approximate surface area is 169 Å². The molecule has 0 heterocycles. The van der Waals surface area contributed by atoms with E-state index in [1.165, 1.54) is 64.2 Å². The third kappa shape index (κ3) is 14.5. The summed E-state index contributed by atoms with van der Waals surface area (Å²) in [5, 5.41) is 0. The number of unbranched alkanes of at least 4 members (excludes halogenated alkanes) is 10. The number of allylic oxidation sites excluding steroid dienone is 2. The molecular formula is C22H47NO3P+. The van der Waals surface area contributed by atoms with Crippen molar-refractivity contribution in [3.63, 3.8) is 0 Å². The van der Waals surface area contributed by atoms with Crippen LogP contribution >= 0.6 is 7.60 Å². The molecule has 0 aliphatic heterocycles. The van der Waals surface area contributed by atoms with E-state index in [9.17, 15) is 9.46 Å². The lowest BCUT2D eigenvalue weighted by Gasteiger charge is -2.35. The van der Waals surface area contributed by atoms with Gasteiger partial charge in [0.15, 0.2) is 5.78 Å². The molecule has 0 aliphatic carbocycles. The molecular weight excluding hydrogens is 357 g/mol. The van der Waals surface area contributed by atoms with Crippen molar-refractivity contribution >= 4 is 7.60 Å². The molecule has 1 N–H and O–H groups in total. The van der Waals surface area contributed by atoms with Gasteiger partial charge in [-0.2, -0.15) is 0 Å². The van der Waals surface area contributed by atoms with Gasteiger partial charge in [-0.15, -0.1) is 0 Å². The standard InChI is InChI=1S/C22H46NO3P/c1-6-8-9-10-11-12-13-14-15-16-17-18-19-20-21-26-27(24,25)22(7-2)23(3,4)5/h9-10,22H,6-8,11-21H2,1-5H3/p+1/b10-9-. The number of quaternary nitrogens is 1. The molecule has 5 heteroatoms. The third-order valence-electron chi connectivity index (χ3n) is 5.05. The van der Waals surface area contributed by atoms with Gasteiger partial charge >= 0.3 is 7.60 Å². The third-order valence-corrected chi connectivity index (χ3v) is 7.41. The van der Waals surface area contributed by atoms with Crippen molar-refractivity contribution < 1.29 is 18.5 Å². The molecule has 2 atom stereocenters. The zero-order valence-electron chi connectivity index (χ0n) is 18.8. The molecule has 0 saturated carbocycles. The Kier molecular flexibility index (Phi) is 15.6. The van der Waals surface area contributed by atoms with Crippen LogP contribution in [0.2, 0.25) is 0 Å². The first-order chi connectivity index (χ1) is 12.8. The second kappa shape index (κ2) is 15.7. The van der Waals surface area contributed by atoms with Crippen molar-refractivity contribution in [2.75, 3.05) is 27.7 Å². The largest absolute Gasteiger partial charge is 0.385 e. The molecule has 0 saturated heterocycles. The summed E-state index contributed by atoms with van der Waals surface area (Å²) in [4.78, 5) is 10.2. The molecule has 2 unspecified atom stereocenters. The molecule has 0 aliphatic rings. The Morgan fingerprint density at radius 2 is 1.33 bits per heavy atom. The average molecular weight is 405 g/mol. The molecule has 0 radical (unpaired) electrons. The maximum Gasteiger partial charge on any atom is 0.385 e. The van der Waals surface area contributed by atoms with Crippen LogP contribution in [-0.2, 0) is 9.09 Å². The van der Waals surface area contributed by atoms with Gasteiger partial charge in [0.05, 0.1) is 27.7 Å². The highest BCUT2D eigenvalue weighted by molar-refractivity contribution is 7.53. The van der Waals surface area contributed by atoms with Crippen LogP contribution in [0.15, 0.2) is 12.2 Å². The Bertz CT molecular complexity index is 418. The molecule has 0 aromatic heterocycles. The van der Waals surface area contributed by atoms with Crippen LogP contribution < -0.4 is 0 Å². The van der Waals surface area contributed by atoms with E-state index in [0.717, 1.165) is 12.8 Å². The first kappa shape index (κ1) is 26.9. The fourth-order valence-electron chi connectivity index (χ4n) is 3.50. The summed E-state index contributed by atoms with van der Waals surface area (Å²) >= 11 is 0. The quantitative estimate of drug-likeness (QED) is 0.117. The molecule has 27 heavy (non-hydrogen) atoms. The van der Waals surface area contributed by atoms with Crippen LogP contribution in [0.3, 0.4) is 0 Å². The second-order valence-electron chi connectivity index (χ2n) is 8.63. The fraction of sp³-hybridized carbons (Fsp3) is 0.909. The highest BCUT2D eigenvalue weighted by Crippen LogP contribution is 2.51. The van der Waals surface area contributed by atoms with Crippen molar-refractivity contribution in [1.82, 2.24) is 0 Å². The van der Waals surface area contributed by atoms with Gasteiger partial charge in [-0.05, 0) is 25.7 Å². The smallest absolute Gasteiger partial charge is 0.320 e. The predicted octanol–water partition coefficient (Wildman–Crippen LogP) is 6.89. The van der Waals surface area contributed by atoms with Gasteiger partial charge in [0, 0.05) is 6.42 Å². The first-order valence-electron chi connectivity index (χ1n) is 11.2. The van der Waals surface area contributed by atoms with E-state index in [1.807, 2.05) is 28.1 Å². The van der Waals surface area contributed by atoms with Crippen LogP contribution in [0.1, 0.15) is 97.3 Å². The monoisotopic (exact) mass is 404 g/mol. The van der Waals surface area contributed by atoms with Crippen LogP contribution in [0.4, 0.5) is 0 Å². The van der Waals surface area contributed by atoms with Crippen molar-refractivity contribution in [3.05, 3.63) is 12.2 Å². The Hall–Kier alpha value is -0.150. The molecule has 0 rings (SSSR count). The predicted molar refractivity (Wildman–Crippen MR) is 118 cm³/mol. The van der Waals surface area contributed by atoms with Gasteiger partial charge in [0.1, 0.15) is 0 Å². The number of hydrogen-bond donors (Lipinski definition) is 1. The van der Waals surface area contributed by atoms with Gasteiger partial charge in [-0.25, -0.2) is 0 Å². The molecule has 0 aromatic carbocycles. The normalized spacial score (nSPS) is 15.9. The molecule has 162 valence electrons. The van der Waals surface area contributed by atoms with Gasteiger partial charge in [-0.3, -0.25) is 4.57 Å². The highest BCUT2D eigenvalue weighted by Gasteiger charge is 2.41. The van der Waals surface area contributed by atoms with Crippen LogP contribution in [0.5, 0.6) is 0 Å². The summed E-state index contributed by atoms with van der Waals surface area (Å²) in [5.41, 5.74) is 0. The van der Waals surface area contributed by atoms with Gasteiger partial charge in [0.2, 0.25) is 0 Å². The molecule has 0 spiro atoms. The minimum atomic E-state index is -3.54. The van der Waals surface area contributed by atoms with E-state index in [-0.39, 0.29) is 5.78 Å². The second-order valence-corrected chi connectivity index (χ2v) is 10.6. The minimum absolute atomic E-state index is 0.348. The fourth-order valence-corrected chi connectivity index (χ4v) is 5.40. The Morgan fingerprint density at radius 1 is 0.852 bits per heavy atom. The van der Waals surface area contributed by atoms with E-state index in [1.54, 1.807) is 0 Å². The zero-order valence-corrected chi connectivity index (χ0v) is 19.7. The highest BCUT2D eigenvalue weighted by atomic mass is 31.2. The Balaban J connectivity index is 3.56. The lowest BCUT2D eigenvalue weighted by molar-refractivity contribution is -0.883. The summed E-state index contributed by atoms with van der Waals surface area (Å²) < 4.78 is 18.3. The van der Waals surface area contributed by atoms with Crippen molar-refractivity contribution in [1.29, 1.82) is 0 Å². The van der Waals surface area contributed by atoms with E-state index in [4.69, 9.17) is 4.52 Å². The molecule has 4 nitrogen and oxygen atoms in total. The van der Waals surface area contributed by atoms with E-state index < -0.39 is 7.60 Å². The average Bonchev–Trinajstić information content (AvgIpc) is 2.57. The minimum Gasteiger partial charge on any atom is -0.320 e. The van der Waals surface area contributed by atoms with Crippen molar-refractivity contribution in [3.8, 4) is 0 Å². The number of nitrogens with zero attached hydrogens (tertiary/aromatic N) is 1. The van der Waals surface area contributed by atoms with E-state index in [0.29, 0.717) is 17.5 Å². The summed E-state index contributed by atoms with van der Waals surface area (Å²) in [5.74, 6) is -0.348. The summed E-state index contributed by atoms with van der Waals surface area (Å²) in [6.45, 7) is 4.57. The first-order valence-corrected chi connectivity index (χ1v) is 12.8. The van der Waals surface area contributed by atoms with Crippen LogP contribution in [0, 0.1) is 0 Å². The SMILES string of the molecule is CCC/C=C\CCCCCCCCCCCOP(=O)(O)C(CC)[N+](C)(C)C. The maximum absolute atomic E-state index is 12.4. The van der Waals surface area contributed by atoms with Crippen LogP contribution in [0.25, 0.3) is 0 Å². The van der Waals surface area contributed by atoms with Crippen LogP contribution in [-0.4, -0.2) is 42.9 Å². The molecule has 0 amide bonds.